The van der Waals surface area contributed by atoms with E-state index in [1.807, 2.05) is 48.5 Å². The van der Waals surface area contributed by atoms with Crippen LogP contribution in [0.15, 0.2) is 114 Å². The average Bonchev–Trinajstić information content (AvgIpc) is 4.10. The number of hydrazone groups is 1. The monoisotopic (exact) mass is 950 g/mol. The molecule has 0 saturated heterocycles. The molecule has 1 aliphatic heterocycles. The van der Waals surface area contributed by atoms with Gasteiger partial charge in [-0.25, -0.2) is 0 Å². The van der Waals surface area contributed by atoms with Crippen molar-refractivity contribution in [1.29, 1.82) is 0 Å². The van der Waals surface area contributed by atoms with E-state index in [1.165, 1.54) is 0 Å². The van der Waals surface area contributed by atoms with Gasteiger partial charge in [0.25, 0.3) is 0 Å². The molecule has 3 amide bonds. The lowest BCUT2D eigenvalue weighted by Crippen LogP contribution is -2.45. The number of fused-ring (bicyclic) bond motifs is 1. The number of aryl methyl sites for hydroxylation is 1. The van der Waals surface area contributed by atoms with Crippen molar-refractivity contribution in [3.63, 3.8) is 0 Å². The Balaban J connectivity index is 0.888. The molecule has 1 unspecified atom stereocenters. The molecule has 1 atom stereocenters. The second-order valence-corrected chi connectivity index (χ2v) is 16.7. The number of anilines is 1. The Kier molecular flexibility index (Phi) is 24.0. The van der Waals surface area contributed by atoms with E-state index in [4.69, 9.17) is 34.3 Å². The lowest BCUT2D eigenvalue weighted by molar-refractivity contribution is -0.141. The summed E-state index contributed by atoms with van der Waals surface area (Å²) in [5.74, 6) is 7.51. The first kappa shape index (κ1) is 53.6. The summed E-state index contributed by atoms with van der Waals surface area (Å²) in [4.78, 5) is 46.8. The number of rotatable bonds is 36. The van der Waals surface area contributed by atoms with Crippen LogP contribution in [0.25, 0.3) is 0 Å². The van der Waals surface area contributed by atoms with E-state index in [1.54, 1.807) is 47.5 Å². The van der Waals surface area contributed by atoms with Gasteiger partial charge in [-0.05, 0) is 110 Å². The van der Waals surface area contributed by atoms with Crippen molar-refractivity contribution >= 4 is 35.8 Å². The minimum absolute atomic E-state index is 0.0135. The zero-order valence-electron chi connectivity index (χ0n) is 40.2. The van der Waals surface area contributed by atoms with Gasteiger partial charge in [0.15, 0.2) is 0 Å². The molecule has 16 nitrogen and oxygen atoms in total. The Morgan fingerprint density at radius 2 is 1.59 bits per heavy atom. The molecule has 1 saturated carbocycles. The number of unbranched alkanes of at least 4 members (excludes halogenated alkanes) is 1. The fourth-order valence-corrected chi connectivity index (χ4v) is 7.46. The van der Waals surface area contributed by atoms with Crippen LogP contribution in [-0.2, 0) is 41.4 Å². The number of carbonyl (C=O) groups is 3. The number of aliphatic imine (C=N–C) groups is 1. The molecular formula is C53H71N7O9. The number of hydrogen-bond acceptors (Lipinski definition) is 13. The predicted octanol–water partition coefficient (Wildman–Crippen LogP) is 6.26. The second-order valence-electron chi connectivity index (χ2n) is 16.7. The molecule has 0 spiro atoms. The number of nitrogens with zero attached hydrogens (tertiary/aromatic N) is 4. The van der Waals surface area contributed by atoms with Crippen molar-refractivity contribution in [3.05, 3.63) is 120 Å². The molecule has 5 rings (SSSR count). The fourth-order valence-electron chi connectivity index (χ4n) is 7.46. The molecule has 0 aromatic heterocycles. The van der Waals surface area contributed by atoms with Crippen molar-refractivity contribution in [2.45, 2.75) is 63.5 Å². The number of nitrogens with two attached hydrogens (primary N) is 1. The summed E-state index contributed by atoms with van der Waals surface area (Å²) in [6.07, 6.45) is 13.3. The molecule has 4 N–H and O–H groups in total. The maximum absolute atomic E-state index is 14.0. The first-order valence-electron chi connectivity index (χ1n) is 23.9. The molecule has 69 heavy (non-hydrogen) atoms. The van der Waals surface area contributed by atoms with Gasteiger partial charge in [0, 0.05) is 50.3 Å². The normalized spacial score (nSPS) is 13.9. The minimum atomic E-state index is -0.774. The van der Waals surface area contributed by atoms with Gasteiger partial charge >= 0.3 is 0 Å². The van der Waals surface area contributed by atoms with Crippen molar-refractivity contribution in [3.8, 4) is 17.2 Å². The maximum Gasteiger partial charge on any atom is 0.247 e. The lowest BCUT2D eigenvalue weighted by atomic mass is 9.99. The zero-order chi connectivity index (χ0) is 48.9. The predicted molar refractivity (Wildman–Crippen MR) is 270 cm³/mol. The van der Waals surface area contributed by atoms with E-state index >= 15 is 0 Å². The third kappa shape index (κ3) is 19.7. The van der Waals surface area contributed by atoms with Crippen molar-refractivity contribution in [2.24, 2.45) is 15.9 Å². The first-order valence-corrected chi connectivity index (χ1v) is 23.9. The molecule has 3 aromatic carbocycles. The van der Waals surface area contributed by atoms with Crippen LogP contribution in [0.4, 0.5) is 5.69 Å². The fraction of sp³-hybridized carbons (Fsp3) is 0.453. The third-order valence-corrected chi connectivity index (χ3v) is 11.4. The van der Waals surface area contributed by atoms with E-state index in [9.17, 15) is 14.4 Å². The summed E-state index contributed by atoms with van der Waals surface area (Å²) >= 11 is 0. The van der Waals surface area contributed by atoms with Gasteiger partial charge in [-0.15, -0.1) is 0 Å². The van der Waals surface area contributed by atoms with Crippen molar-refractivity contribution in [2.75, 3.05) is 98.0 Å². The summed E-state index contributed by atoms with van der Waals surface area (Å²) in [5.41, 5.74) is 5.07. The number of nitrogens with one attached hydrogen (secondary N) is 2. The summed E-state index contributed by atoms with van der Waals surface area (Å²) in [6, 6.07) is 20.2. The minimum Gasteiger partial charge on any atom is -0.494 e. The number of ether oxygens (including phenoxy) is 6. The zero-order valence-corrected chi connectivity index (χ0v) is 40.2. The summed E-state index contributed by atoms with van der Waals surface area (Å²) in [5, 5.41) is 9.42. The Morgan fingerprint density at radius 3 is 2.32 bits per heavy atom. The van der Waals surface area contributed by atoms with Crippen LogP contribution >= 0.6 is 0 Å². The number of allylic oxidation sites excluding steroid dienone is 2. The lowest BCUT2D eigenvalue weighted by Gasteiger charge is -2.32. The van der Waals surface area contributed by atoms with Crippen LogP contribution in [-0.4, -0.2) is 139 Å². The standard InChI is InChI=1S/C53H71N7O9/c1-4-8-41(5-2)38-56-53(63)52(44-13-12-43-23-30-69-50(43)37-44)60(47-16-17-47)51(62)22-11-42-9-18-48(19-10-42)67-28-7-6-26-59(3)27-32-66-34-33-64-29-24-46(58-54)39-55-25-31-65-35-36-68-49-20-14-45(15-21-49)57-40-61/h4-5,8-10,12-15,18-21,37,39-40,47,52H,1-2,6-7,11,16-17,22-36,38,54H2,3H3,(H,56,63)(H,57,61)/b41-8+,55-39?,58-46-. The third-order valence-electron chi connectivity index (χ3n) is 11.4. The highest BCUT2D eigenvalue weighted by atomic mass is 16.5. The molecule has 372 valence electrons. The average molecular weight is 950 g/mol. The molecule has 2 aliphatic rings. The quantitative estimate of drug-likeness (QED) is 0.0149. The van der Waals surface area contributed by atoms with Gasteiger partial charge in [0.05, 0.1) is 65.1 Å². The highest BCUT2D eigenvalue weighted by Crippen LogP contribution is 2.38. The molecule has 1 fully saturated rings. The van der Waals surface area contributed by atoms with E-state index < -0.39 is 6.04 Å². The summed E-state index contributed by atoms with van der Waals surface area (Å²) < 4.78 is 34.5. The van der Waals surface area contributed by atoms with E-state index in [-0.39, 0.29) is 30.8 Å². The Hall–Kier alpha value is -6.33. The number of carbonyl (C=O) groups excluding carboxylic acids is 3. The van der Waals surface area contributed by atoms with Crippen LogP contribution in [0.5, 0.6) is 17.2 Å². The molecule has 3 aromatic rings. The Labute approximate surface area is 407 Å². The molecule has 1 aliphatic carbocycles. The van der Waals surface area contributed by atoms with E-state index in [0.717, 1.165) is 79.0 Å². The smallest absolute Gasteiger partial charge is 0.247 e. The summed E-state index contributed by atoms with van der Waals surface area (Å²) in [6.45, 7) is 14.6. The van der Waals surface area contributed by atoms with Crippen LogP contribution in [0, 0.1) is 0 Å². The largest absolute Gasteiger partial charge is 0.494 e. The van der Waals surface area contributed by atoms with Gasteiger partial charge in [-0.2, -0.15) is 5.10 Å². The SMILES string of the molecule is C=C/C=C(\C=C)CNC(=O)C(c1ccc2c(c1)OCC2)N(C(=O)CCc1ccc(OCCCCN(C)CCOCCOCC/C(C=NCCOCCOc2ccc(NC=O)cc2)=N/N)cc1)C1CC1. The molecule has 0 bridgehead atoms. The second kappa shape index (κ2) is 30.9. The van der Waals surface area contributed by atoms with Crippen molar-refractivity contribution < 1.29 is 42.8 Å². The van der Waals surface area contributed by atoms with Crippen molar-refractivity contribution in [1.82, 2.24) is 15.1 Å². The first-order chi connectivity index (χ1) is 33.8. The van der Waals surface area contributed by atoms with Crippen LogP contribution < -0.4 is 30.7 Å². The van der Waals surface area contributed by atoms with Gasteiger partial charge in [-0.1, -0.05) is 55.7 Å². The molecular weight excluding hydrogens is 879 g/mol. The molecule has 0 radical (unpaired) electrons. The Bertz CT molecular complexity index is 2140. The van der Waals surface area contributed by atoms with Gasteiger partial charge in [0.2, 0.25) is 18.2 Å². The molecule has 1 heterocycles. The highest BCUT2D eigenvalue weighted by Gasteiger charge is 2.41. The van der Waals surface area contributed by atoms with Crippen LogP contribution in [0.2, 0.25) is 0 Å². The Morgan fingerprint density at radius 1 is 0.870 bits per heavy atom. The number of benzene rings is 3. The number of hydrogen-bond donors (Lipinski definition) is 3. The van der Waals surface area contributed by atoms with Gasteiger partial charge in [0.1, 0.15) is 29.9 Å². The van der Waals surface area contributed by atoms with E-state index in [0.29, 0.717) is 102 Å². The summed E-state index contributed by atoms with van der Waals surface area (Å²) in [7, 11) is 2.08. The highest BCUT2D eigenvalue weighted by molar-refractivity contribution is 6.30. The van der Waals surface area contributed by atoms with E-state index in [2.05, 4.69) is 45.8 Å². The van der Waals surface area contributed by atoms with Crippen LogP contribution in [0.1, 0.15) is 61.3 Å². The maximum atomic E-state index is 14.0. The molecule has 16 heteroatoms. The topological polar surface area (TPSA) is 188 Å². The number of amides is 3. The van der Waals surface area contributed by atoms with Gasteiger partial charge in [-0.3, -0.25) is 19.4 Å². The van der Waals surface area contributed by atoms with Gasteiger partial charge < -0.3 is 54.7 Å². The van der Waals surface area contributed by atoms with Crippen LogP contribution in [0.3, 0.4) is 0 Å². The number of likely N-dealkylation sites (N-methyl/N-ethyl adjacent to an activating group) is 1.